The maximum atomic E-state index is 4.45. The maximum absolute atomic E-state index is 4.45. The van der Waals surface area contributed by atoms with Crippen molar-refractivity contribution in [3.8, 4) is 0 Å². The second-order valence-electron chi connectivity index (χ2n) is 5.62. The van der Waals surface area contributed by atoms with Gasteiger partial charge in [-0.15, -0.1) is 5.10 Å². The molecule has 0 saturated carbocycles. The fourth-order valence-corrected chi connectivity index (χ4v) is 2.89. The molecule has 0 atom stereocenters. The summed E-state index contributed by atoms with van der Waals surface area (Å²) in [5, 5.41) is 14.5. The zero-order valence-electron chi connectivity index (χ0n) is 13.5. The van der Waals surface area contributed by atoms with E-state index in [1.54, 1.807) is 6.20 Å². The number of nitrogens with zero attached hydrogens (tertiary/aromatic N) is 3. The van der Waals surface area contributed by atoms with Crippen LogP contribution in [0.2, 0.25) is 0 Å². The van der Waals surface area contributed by atoms with Crippen LogP contribution in [0.15, 0.2) is 53.1 Å². The molecule has 1 heterocycles. The molecule has 0 saturated heterocycles. The number of hydrogen-bond acceptors (Lipinski definition) is 5. The third kappa shape index (κ3) is 4.29. The van der Waals surface area contributed by atoms with Gasteiger partial charge >= 0.3 is 0 Å². The van der Waals surface area contributed by atoms with E-state index in [2.05, 4.69) is 66.9 Å². The zero-order valence-corrected chi connectivity index (χ0v) is 15.1. The molecular weight excluding hydrogens is 366 g/mol. The molecule has 3 aromatic rings. The number of halogens is 1. The summed E-state index contributed by atoms with van der Waals surface area (Å²) in [6.07, 6.45) is 1.60. The molecule has 0 aliphatic rings. The summed E-state index contributed by atoms with van der Waals surface area (Å²) in [5.74, 6) is 1.13. The first-order valence-electron chi connectivity index (χ1n) is 7.62. The fraction of sp³-hybridized carbons (Fsp3) is 0.167. The fourth-order valence-electron chi connectivity index (χ4n) is 2.30. The van der Waals surface area contributed by atoms with Gasteiger partial charge in [0.05, 0.1) is 11.9 Å². The molecule has 6 heteroatoms. The van der Waals surface area contributed by atoms with E-state index < -0.39 is 0 Å². The predicted molar refractivity (Wildman–Crippen MR) is 100 cm³/mol. The summed E-state index contributed by atoms with van der Waals surface area (Å²) in [4.78, 5) is 4.45. The third-order valence-corrected chi connectivity index (χ3v) is 4.14. The number of nitrogens with one attached hydrogen (secondary N) is 2. The minimum Gasteiger partial charge on any atom is -0.349 e. The Kier molecular flexibility index (Phi) is 5.05. The van der Waals surface area contributed by atoms with E-state index in [1.165, 1.54) is 16.7 Å². The number of aryl methyl sites for hydroxylation is 2. The van der Waals surface area contributed by atoms with Gasteiger partial charge in [0.25, 0.3) is 0 Å². The molecule has 0 fully saturated rings. The van der Waals surface area contributed by atoms with Crippen LogP contribution in [0.4, 0.5) is 17.5 Å². The van der Waals surface area contributed by atoms with Crippen LogP contribution >= 0.6 is 15.9 Å². The van der Waals surface area contributed by atoms with Crippen molar-refractivity contribution in [3.05, 3.63) is 69.8 Å². The van der Waals surface area contributed by atoms with Crippen LogP contribution in [0.1, 0.15) is 16.7 Å². The molecule has 24 heavy (non-hydrogen) atoms. The highest BCUT2D eigenvalue weighted by atomic mass is 79.9. The quantitative estimate of drug-likeness (QED) is 0.673. The Morgan fingerprint density at radius 2 is 1.88 bits per heavy atom. The lowest BCUT2D eigenvalue weighted by Gasteiger charge is -2.10. The van der Waals surface area contributed by atoms with Crippen LogP contribution in [0.3, 0.4) is 0 Å². The van der Waals surface area contributed by atoms with Crippen molar-refractivity contribution in [1.29, 1.82) is 0 Å². The first kappa shape index (κ1) is 16.4. The van der Waals surface area contributed by atoms with Crippen molar-refractivity contribution in [2.24, 2.45) is 0 Å². The Balaban J connectivity index is 1.69. The monoisotopic (exact) mass is 383 g/mol. The van der Waals surface area contributed by atoms with Crippen molar-refractivity contribution >= 4 is 33.4 Å². The highest BCUT2D eigenvalue weighted by Gasteiger charge is 2.04. The normalized spacial score (nSPS) is 10.5. The number of hydrogen-bond donors (Lipinski definition) is 2. The smallest absolute Gasteiger partial charge is 0.244 e. The van der Waals surface area contributed by atoms with Gasteiger partial charge in [0.15, 0.2) is 5.82 Å². The number of benzene rings is 2. The standard InChI is InChI=1S/C18H18BrN5/c1-12-4-3-5-14(8-12)10-20-18-23-17(11-21-24-18)22-16-7-6-13(2)9-15(16)19/h3-9,11H,10H2,1-2H3,(H2,20,22,23,24). The molecule has 122 valence electrons. The lowest BCUT2D eigenvalue weighted by atomic mass is 10.1. The van der Waals surface area contributed by atoms with Gasteiger partial charge in [-0.05, 0) is 53.0 Å². The molecule has 1 aromatic heterocycles. The van der Waals surface area contributed by atoms with Gasteiger partial charge < -0.3 is 10.6 Å². The first-order chi connectivity index (χ1) is 11.6. The van der Waals surface area contributed by atoms with Crippen molar-refractivity contribution in [2.75, 3.05) is 10.6 Å². The maximum Gasteiger partial charge on any atom is 0.244 e. The average Bonchev–Trinajstić information content (AvgIpc) is 2.56. The number of rotatable bonds is 5. The molecule has 5 nitrogen and oxygen atoms in total. The van der Waals surface area contributed by atoms with Gasteiger partial charge in [-0.1, -0.05) is 35.9 Å². The molecule has 3 rings (SSSR count). The minimum absolute atomic E-state index is 0.491. The van der Waals surface area contributed by atoms with Crippen LogP contribution in [-0.4, -0.2) is 15.2 Å². The van der Waals surface area contributed by atoms with Gasteiger partial charge in [-0.25, -0.2) is 0 Å². The number of aromatic nitrogens is 3. The van der Waals surface area contributed by atoms with Gasteiger partial charge in [0, 0.05) is 11.0 Å². The summed E-state index contributed by atoms with van der Waals surface area (Å²) < 4.78 is 0.982. The van der Waals surface area contributed by atoms with E-state index >= 15 is 0 Å². The highest BCUT2D eigenvalue weighted by molar-refractivity contribution is 9.10. The minimum atomic E-state index is 0.491. The molecule has 0 aliphatic heterocycles. The van der Waals surface area contributed by atoms with Crippen LogP contribution < -0.4 is 10.6 Å². The second-order valence-corrected chi connectivity index (χ2v) is 6.47. The van der Waals surface area contributed by atoms with E-state index in [0.29, 0.717) is 18.3 Å². The van der Waals surface area contributed by atoms with Crippen molar-refractivity contribution < 1.29 is 0 Å². The van der Waals surface area contributed by atoms with Gasteiger partial charge in [-0.3, -0.25) is 0 Å². The summed E-state index contributed by atoms with van der Waals surface area (Å²) >= 11 is 3.55. The highest BCUT2D eigenvalue weighted by Crippen LogP contribution is 2.26. The summed E-state index contributed by atoms with van der Waals surface area (Å²) in [6.45, 7) is 4.78. The zero-order chi connectivity index (χ0) is 16.9. The van der Waals surface area contributed by atoms with Crippen molar-refractivity contribution in [2.45, 2.75) is 20.4 Å². The average molecular weight is 384 g/mol. The van der Waals surface area contributed by atoms with E-state index in [1.807, 2.05) is 31.2 Å². The lowest BCUT2D eigenvalue weighted by molar-refractivity contribution is 0.948. The lowest BCUT2D eigenvalue weighted by Crippen LogP contribution is -2.06. The predicted octanol–water partition coefficient (Wildman–Crippen LogP) is 4.61. The summed E-state index contributed by atoms with van der Waals surface area (Å²) in [6, 6.07) is 14.4. The second kappa shape index (κ2) is 7.40. The first-order valence-corrected chi connectivity index (χ1v) is 8.42. The van der Waals surface area contributed by atoms with E-state index in [4.69, 9.17) is 0 Å². The molecule has 0 radical (unpaired) electrons. The van der Waals surface area contributed by atoms with E-state index in [-0.39, 0.29) is 0 Å². The summed E-state index contributed by atoms with van der Waals surface area (Å²) in [5.41, 5.74) is 4.53. The van der Waals surface area contributed by atoms with E-state index in [0.717, 1.165) is 10.2 Å². The Morgan fingerprint density at radius 1 is 1.04 bits per heavy atom. The Bertz CT molecular complexity index is 850. The third-order valence-electron chi connectivity index (χ3n) is 3.48. The summed E-state index contributed by atoms with van der Waals surface area (Å²) in [7, 11) is 0. The number of anilines is 3. The Morgan fingerprint density at radius 3 is 2.67 bits per heavy atom. The van der Waals surface area contributed by atoms with Gasteiger partial charge in [0.2, 0.25) is 5.95 Å². The van der Waals surface area contributed by atoms with Crippen LogP contribution in [0.5, 0.6) is 0 Å². The van der Waals surface area contributed by atoms with Crippen LogP contribution in [-0.2, 0) is 6.54 Å². The largest absolute Gasteiger partial charge is 0.349 e. The molecule has 0 amide bonds. The Labute approximate surface area is 149 Å². The SMILES string of the molecule is Cc1cccc(CNc2nncc(Nc3ccc(C)cc3Br)n2)c1. The van der Waals surface area contributed by atoms with Crippen molar-refractivity contribution in [3.63, 3.8) is 0 Å². The van der Waals surface area contributed by atoms with Gasteiger partial charge in [-0.2, -0.15) is 10.1 Å². The van der Waals surface area contributed by atoms with Crippen molar-refractivity contribution in [1.82, 2.24) is 15.2 Å². The van der Waals surface area contributed by atoms with Gasteiger partial charge in [0.1, 0.15) is 0 Å². The molecule has 0 unspecified atom stereocenters. The van der Waals surface area contributed by atoms with Crippen LogP contribution in [0.25, 0.3) is 0 Å². The Hall–Kier alpha value is -2.47. The molecule has 0 bridgehead atoms. The molecule has 2 N–H and O–H groups in total. The van der Waals surface area contributed by atoms with Crippen LogP contribution in [0, 0.1) is 13.8 Å². The molecule has 0 aliphatic carbocycles. The van der Waals surface area contributed by atoms with E-state index in [9.17, 15) is 0 Å². The molecule has 2 aromatic carbocycles. The molecule has 0 spiro atoms. The topological polar surface area (TPSA) is 62.7 Å². The molecular formula is C18H18BrN5.